The molecule has 0 aromatic carbocycles. The first kappa shape index (κ1) is 8.41. The van der Waals surface area contributed by atoms with Gasteiger partial charge in [0.05, 0.1) is 6.67 Å². The van der Waals surface area contributed by atoms with Gasteiger partial charge in [-0.1, -0.05) is 12.2 Å². The Bertz CT molecular complexity index is 76.6. The summed E-state index contributed by atoms with van der Waals surface area (Å²) < 4.78 is 11.9. The summed E-state index contributed by atoms with van der Waals surface area (Å²) in [5.74, 6) is 0.111. The van der Waals surface area contributed by atoms with Crippen molar-refractivity contribution >= 4 is 0 Å². The number of hydrogen-bond donors (Lipinski definition) is 0. The molecule has 0 aromatic heterocycles. The zero-order valence-electron chi connectivity index (χ0n) is 5.65. The molecule has 52 valence electrons. The van der Waals surface area contributed by atoms with Gasteiger partial charge in [-0.2, -0.15) is 0 Å². The summed E-state index contributed by atoms with van der Waals surface area (Å²) >= 11 is 0. The lowest BCUT2D eigenvalue weighted by atomic mass is 10.0. The highest BCUT2D eigenvalue weighted by atomic mass is 19.1. The topological polar surface area (TPSA) is 0 Å². The van der Waals surface area contributed by atoms with Crippen molar-refractivity contribution in [2.45, 2.75) is 12.8 Å². The van der Waals surface area contributed by atoms with E-state index in [-0.39, 0.29) is 12.6 Å². The molecule has 1 heteroatoms. The Balaban J connectivity index is 3.39. The fraction of sp³-hybridized carbons (Fsp3) is 0.500. The van der Waals surface area contributed by atoms with E-state index in [2.05, 4.69) is 13.2 Å². The van der Waals surface area contributed by atoms with Crippen molar-refractivity contribution in [3.8, 4) is 0 Å². The van der Waals surface area contributed by atoms with Gasteiger partial charge in [-0.25, -0.2) is 0 Å². The quantitative estimate of drug-likeness (QED) is 0.499. The molecule has 0 saturated carbocycles. The van der Waals surface area contributed by atoms with Gasteiger partial charge in [0.2, 0.25) is 0 Å². The molecule has 0 aliphatic heterocycles. The maximum Gasteiger partial charge on any atom is 0.0928 e. The number of hydrogen-bond acceptors (Lipinski definition) is 0. The Kier molecular flexibility index (Phi) is 5.18. The van der Waals surface area contributed by atoms with Crippen LogP contribution in [-0.4, -0.2) is 6.67 Å². The Morgan fingerprint density at radius 3 is 1.89 bits per heavy atom. The molecule has 0 rings (SSSR count). The lowest BCUT2D eigenvalue weighted by molar-refractivity contribution is 0.366. The second-order valence-electron chi connectivity index (χ2n) is 2.07. The normalized spacial score (nSPS) is 9.56. The molecule has 0 amide bonds. The largest absolute Gasteiger partial charge is 0.251 e. The summed E-state index contributed by atoms with van der Waals surface area (Å²) in [4.78, 5) is 0. The van der Waals surface area contributed by atoms with Crippen LogP contribution in [-0.2, 0) is 0 Å². The molecule has 9 heavy (non-hydrogen) atoms. The minimum absolute atomic E-state index is 0.111. The van der Waals surface area contributed by atoms with Crippen molar-refractivity contribution in [3.05, 3.63) is 25.3 Å². The molecule has 0 heterocycles. The fourth-order valence-electron chi connectivity index (χ4n) is 0.694. The zero-order valence-corrected chi connectivity index (χ0v) is 5.65. The van der Waals surface area contributed by atoms with Gasteiger partial charge in [-0.3, -0.25) is 4.39 Å². The highest BCUT2D eigenvalue weighted by Crippen LogP contribution is 2.09. The van der Waals surface area contributed by atoms with E-state index in [4.69, 9.17) is 0 Å². The van der Waals surface area contributed by atoms with Gasteiger partial charge >= 0.3 is 0 Å². The summed E-state index contributed by atoms with van der Waals surface area (Å²) in [6.45, 7) is 6.79. The van der Waals surface area contributed by atoms with E-state index in [1.165, 1.54) is 0 Å². The van der Waals surface area contributed by atoms with Crippen molar-refractivity contribution in [2.24, 2.45) is 5.92 Å². The van der Waals surface area contributed by atoms with E-state index in [0.717, 1.165) is 12.8 Å². The Labute approximate surface area is 56.1 Å². The minimum Gasteiger partial charge on any atom is -0.251 e. The maximum absolute atomic E-state index is 11.9. The van der Waals surface area contributed by atoms with Crippen LogP contribution in [0.5, 0.6) is 0 Å². The van der Waals surface area contributed by atoms with Crippen LogP contribution in [0.15, 0.2) is 25.3 Å². The van der Waals surface area contributed by atoms with E-state index >= 15 is 0 Å². The molecular formula is C8H13F. The summed E-state index contributed by atoms with van der Waals surface area (Å²) in [7, 11) is 0. The number of allylic oxidation sites excluding steroid dienone is 2. The maximum atomic E-state index is 11.9. The van der Waals surface area contributed by atoms with Gasteiger partial charge in [-0.05, 0) is 18.8 Å². The zero-order chi connectivity index (χ0) is 7.11. The van der Waals surface area contributed by atoms with E-state index in [0.29, 0.717) is 0 Å². The molecule has 0 aliphatic carbocycles. The number of rotatable bonds is 5. The van der Waals surface area contributed by atoms with Crippen LogP contribution in [0.4, 0.5) is 4.39 Å². The van der Waals surface area contributed by atoms with Crippen molar-refractivity contribution in [1.29, 1.82) is 0 Å². The molecule has 0 saturated heterocycles. The van der Waals surface area contributed by atoms with Crippen LogP contribution in [0.3, 0.4) is 0 Å². The standard InChI is InChI=1S/C8H13F/c1-3-5-8(7-9)6-4-2/h3-4,8H,1-2,5-7H2. The van der Waals surface area contributed by atoms with Crippen molar-refractivity contribution < 1.29 is 4.39 Å². The molecule has 0 N–H and O–H groups in total. The van der Waals surface area contributed by atoms with Crippen LogP contribution in [0.2, 0.25) is 0 Å². The van der Waals surface area contributed by atoms with Crippen LogP contribution in [0, 0.1) is 5.92 Å². The van der Waals surface area contributed by atoms with E-state index in [9.17, 15) is 4.39 Å². The Hall–Kier alpha value is -0.590. The average molecular weight is 128 g/mol. The third kappa shape index (κ3) is 3.95. The van der Waals surface area contributed by atoms with E-state index in [1.807, 2.05) is 0 Å². The summed E-state index contributed by atoms with van der Waals surface area (Å²) in [5.41, 5.74) is 0. The highest BCUT2D eigenvalue weighted by Gasteiger charge is 2.01. The summed E-state index contributed by atoms with van der Waals surface area (Å²) in [5, 5.41) is 0. The van der Waals surface area contributed by atoms with Gasteiger partial charge in [0.25, 0.3) is 0 Å². The first-order chi connectivity index (χ1) is 4.35. The highest BCUT2D eigenvalue weighted by molar-refractivity contribution is 4.78. The first-order valence-electron chi connectivity index (χ1n) is 3.12. The van der Waals surface area contributed by atoms with Crippen LogP contribution < -0.4 is 0 Å². The van der Waals surface area contributed by atoms with Crippen LogP contribution >= 0.6 is 0 Å². The first-order valence-corrected chi connectivity index (χ1v) is 3.12. The second-order valence-corrected chi connectivity index (χ2v) is 2.07. The van der Waals surface area contributed by atoms with Gasteiger partial charge in [0.15, 0.2) is 0 Å². The third-order valence-corrected chi connectivity index (χ3v) is 1.22. The van der Waals surface area contributed by atoms with Gasteiger partial charge < -0.3 is 0 Å². The predicted octanol–water partition coefficient (Wildman–Crippen LogP) is 2.72. The van der Waals surface area contributed by atoms with Crippen molar-refractivity contribution in [1.82, 2.24) is 0 Å². The monoisotopic (exact) mass is 128 g/mol. The molecule has 0 spiro atoms. The van der Waals surface area contributed by atoms with Crippen LogP contribution in [0.25, 0.3) is 0 Å². The Morgan fingerprint density at radius 2 is 1.67 bits per heavy atom. The molecule has 0 radical (unpaired) electrons. The predicted molar refractivity (Wildman–Crippen MR) is 39.1 cm³/mol. The summed E-state index contributed by atoms with van der Waals surface area (Å²) in [6.07, 6.45) is 4.99. The van der Waals surface area contributed by atoms with E-state index < -0.39 is 0 Å². The fourth-order valence-corrected chi connectivity index (χ4v) is 0.694. The summed E-state index contributed by atoms with van der Waals surface area (Å²) in [6, 6.07) is 0. The van der Waals surface area contributed by atoms with E-state index in [1.54, 1.807) is 12.2 Å². The third-order valence-electron chi connectivity index (χ3n) is 1.22. The molecule has 0 aliphatic rings. The van der Waals surface area contributed by atoms with Gasteiger partial charge in [0.1, 0.15) is 0 Å². The SMILES string of the molecule is C=CCC(CF)CC=C. The molecule has 0 fully saturated rings. The minimum atomic E-state index is -0.266. The lowest BCUT2D eigenvalue weighted by Gasteiger charge is -2.04. The Morgan fingerprint density at radius 1 is 1.22 bits per heavy atom. The number of halogens is 1. The van der Waals surface area contributed by atoms with Gasteiger partial charge in [0, 0.05) is 0 Å². The molecule has 0 atom stereocenters. The van der Waals surface area contributed by atoms with Crippen molar-refractivity contribution in [3.63, 3.8) is 0 Å². The van der Waals surface area contributed by atoms with Crippen molar-refractivity contribution in [2.75, 3.05) is 6.67 Å². The number of alkyl halides is 1. The lowest BCUT2D eigenvalue weighted by Crippen LogP contribution is -1.98. The molecule has 0 bridgehead atoms. The molecule has 0 aromatic rings. The molecule has 0 unspecified atom stereocenters. The molecular weight excluding hydrogens is 115 g/mol. The van der Waals surface area contributed by atoms with Gasteiger partial charge in [-0.15, -0.1) is 13.2 Å². The van der Waals surface area contributed by atoms with Crippen LogP contribution in [0.1, 0.15) is 12.8 Å². The average Bonchev–Trinajstić information content (AvgIpc) is 1.88. The molecule has 0 nitrogen and oxygen atoms in total. The smallest absolute Gasteiger partial charge is 0.0928 e. The second kappa shape index (κ2) is 5.54.